The van der Waals surface area contributed by atoms with E-state index < -0.39 is 0 Å². The van der Waals surface area contributed by atoms with E-state index in [1.165, 1.54) is 16.1 Å². The van der Waals surface area contributed by atoms with Crippen molar-refractivity contribution in [2.24, 2.45) is 0 Å². The van der Waals surface area contributed by atoms with E-state index in [2.05, 4.69) is 66.8 Å². The molecule has 0 aliphatic carbocycles. The molecule has 79 valence electrons. The van der Waals surface area contributed by atoms with Crippen molar-refractivity contribution in [1.82, 2.24) is 0 Å². The second-order valence-electron chi connectivity index (χ2n) is 4.12. The molecule has 2 heteroatoms. The smallest absolute Gasteiger partial charge is 0.127 e. The quantitative estimate of drug-likeness (QED) is 0.792. The second-order valence-corrected chi connectivity index (χ2v) is 5.58. The molecule has 0 aromatic heterocycles. The van der Waals surface area contributed by atoms with Gasteiger partial charge in [-0.1, -0.05) is 42.5 Å². The minimum atomic E-state index is -0.0368. The first-order chi connectivity index (χ1) is 7.78. The van der Waals surface area contributed by atoms with Gasteiger partial charge in [0.2, 0.25) is 4.87 Å². The number of fused-ring (bicyclic) bond motifs is 1. The summed E-state index contributed by atoms with van der Waals surface area (Å²) in [5.74, 6) is 0. The summed E-state index contributed by atoms with van der Waals surface area (Å²) in [7, 11) is 0. The molecule has 0 unspecified atom stereocenters. The van der Waals surface area contributed by atoms with Crippen LogP contribution < -0.4 is 5.32 Å². The average Bonchev–Trinajstić information content (AvgIpc) is 2.68. The van der Waals surface area contributed by atoms with E-state index >= 15 is 0 Å². The summed E-state index contributed by atoms with van der Waals surface area (Å²) in [6.07, 6.45) is 0. The molecule has 1 atom stereocenters. The number of benzene rings is 2. The first kappa shape index (κ1) is 9.94. The fraction of sp³-hybridized carbons (Fsp3) is 0.143. The van der Waals surface area contributed by atoms with Gasteiger partial charge >= 0.3 is 0 Å². The van der Waals surface area contributed by atoms with Crippen LogP contribution in [-0.4, -0.2) is 0 Å². The molecule has 0 saturated carbocycles. The van der Waals surface area contributed by atoms with Crippen molar-refractivity contribution in [3.8, 4) is 0 Å². The molecule has 2 aromatic rings. The van der Waals surface area contributed by atoms with Crippen LogP contribution in [0.4, 0.5) is 5.69 Å². The van der Waals surface area contributed by atoms with Crippen molar-refractivity contribution in [3.63, 3.8) is 0 Å². The van der Waals surface area contributed by atoms with E-state index in [0.717, 1.165) is 0 Å². The van der Waals surface area contributed by atoms with Crippen LogP contribution in [0.2, 0.25) is 0 Å². The molecule has 0 amide bonds. The third kappa shape index (κ3) is 1.55. The van der Waals surface area contributed by atoms with Gasteiger partial charge < -0.3 is 0 Å². The molecule has 3 rings (SSSR count). The Labute approximate surface area is 99.9 Å². The lowest BCUT2D eigenvalue weighted by atomic mass is 10.1. The topological polar surface area (TPSA) is 15.6 Å². The summed E-state index contributed by atoms with van der Waals surface area (Å²) in [6.45, 7) is 2.23. The number of hydrogen-bond acceptors (Lipinski definition) is 2. The van der Waals surface area contributed by atoms with Crippen molar-refractivity contribution >= 4 is 17.4 Å². The fourth-order valence-electron chi connectivity index (χ4n) is 2.05. The largest absolute Gasteiger partial charge is 0.219 e. The summed E-state index contributed by atoms with van der Waals surface area (Å²) in [4.78, 5) is 1.29. The molecule has 1 nitrogen and oxygen atoms in total. The van der Waals surface area contributed by atoms with Gasteiger partial charge in [0.05, 0.1) is 4.90 Å². The average molecular weight is 227 g/mol. The SMILES string of the molecule is C[C@]1(c2ccccc2)[NH+]c2ccccc2S1. The standard InChI is InChI=1S/C14H13NS/c1-14(11-7-3-2-4-8-11)15-12-9-5-6-10-13(12)16-14/h2-10,15H,1H3/q+1/t14-/m0/s1. The third-order valence-electron chi connectivity index (χ3n) is 2.90. The van der Waals surface area contributed by atoms with Gasteiger partial charge in [0.1, 0.15) is 0 Å². The number of nitrogens with one attached hydrogen (secondary N) is 1. The second kappa shape index (κ2) is 3.65. The van der Waals surface area contributed by atoms with Crippen LogP contribution in [0.15, 0.2) is 59.5 Å². The zero-order valence-electron chi connectivity index (χ0n) is 9.10. The van der Waals surface area contributed by atoms with Crippen LogP contribution in [-0.2, 0) is 4.87 Å². The van der Waals surface area contributed by atoms with Crippen LogP contribution in [0.25, 0.3) is 0 Å². The molecular formula is C14H13NS+. The molecule has 1 aliphatic rings. The van der Waals surface area contributed by atoms with Crippen molar-refractivity contribution in [2.75, 3.05) is 0 Å². The maximum Gasteiger partial charge on any atom is 0.219 e. The zero-order valence-corrected chi connectivity index (χ0v) is 9.92. The number of anilines is 1. The third-order valence-corrected chi connectivity index (χ3v) is 4.22. The maximum absolute atomic E-state index is 3.59. The van der Waals surface area contributed by atoms with E-state index in [9.17, 15) is 0 Å². The van der Waals surface area contributed by atoms with Crippen LogP contribution >= 0.6 is 11.8 Å². The number of para-hydroxylation sites is 1. The molecule has 16 heavy (non-hydrogen) atoms. The molecule has 0 fully saturated rings. The summed E-state index contributed by atoms with van der Waals surface area (Å²) >= 11 is 1.88. The lowest BCUT2D eigenvalue weighted by molar-refractivity contribution is -0.627. The van der Waals surface area contributed by atoms with E-state index in [4.69, 9.17) is 0 Å². The van der Waals surface area contributed by atoms with Crippen molar-refractivity contribution < 1.29 is 5.32 Å². The first-order valence-electron chi connectivity index (χ1n) is 5.40. The highest BCUT2D eigenvalue weighted by Crippen LogP contribution is 2.43. The van der Waals surface area contributed by atoms with Crippen molar-refractivity contribution in [1.29, 1.82) is 0 Å². The maximum atomic E-state index is 3.59. The lowest BCUT2D eigenvalue weighted by Gasteiger charge is -2.15. The van der Waals surface area contributed by atoms with Gasteiger partial charge in [-0.2, -0.15) is 0 Å². The Morgan fingerprint density at radius 3 is 2.38 bits per heavy atom. The van der Waals surface area contributed by atoms with Crippen molar-refractivity contribution in [2.45, 2.75) is 16.7 Å². The van der Waals surface area contributed by atoms with Gasteiger partial charge in [0.25, 0.3) is 0 Å². The Balaban J connectivity index is 2.01. The van der Waals surface area contributed by atoms with Crippen LogP contribution in [0.1, 0.15) is 12.5 Å². The summed E-state index contributed by atoms with van der Waals surface area (Å²) < 4.78 is 0. The Morgan fingerprint density at radius 1 is 0.938 bits per heavy atom. The summed E-state index contributed by atoms with van der Waals surface area (Å²) in [5, 5.41) is 3.59. The minimum absolute atomic E-state index is 0.0368. The first-order valence-corrected chi connectivity index (χ1v) is 6.21. The highest BCUT2D eigenvalue weighted by Gasteiger charge is 2.43. The number of hydrogen-bond donors (Lipinski definition) is 1. The molecule has 0 saturated heterocycles. The summed E-state index contributed by atoms with van der Waals surface area (Å²) in [6, 6.07) is 19.0. The molecule has 2 aromatic carbocycles. The fourth-order valence-corrected chi connectivity index (χ4v) is 3.28. The van der Waals surface area contributed by atoms with E-state index in [1.807, 2.05) is 11.8 Å². The van der Waals surface area contributed by atoms with Gasteiger partial charge in [-0.25, -0.2) is 0 Å². The molecular weight excluding hydrogens is 214 g/mol. The number of rotatable bonds is 1. The van der Waals surface area contributed by atoms with Gasteiger partial charge in [-0.3, -0.25) is 0 Å². The molecule has 1 radical (unpaired) electrons. The predicted molar refractivity (Wildman–Crippen MR) is 66.7 cm³/mol. The van der Waals surface area contributed by atoms with E-state index in [-0.39, 0.29) is 4.87 Å². The van der Waals surface area contributed by atoms with Crippen LogP contribution in [0, 0.1) is 0 Å². The number of thioether (sulfide) groups is 1. The van der Waals surface area contributed by atoms with Gasteiger partial charge in [0.15, 0.2) is 5.69 Å². The Hall–Kier alpha value is -1.25. The van der Waals surface area contributed by atoms with Gasteiger partial charge in [-0.05, 0) is 17.8 Å². The van der Waals surface area contributed by atoms with E-state index in [0.29, 0.717) is 0 Å². The molecule has 1 heterocycles. The highest BCUT2D eigenvalue weighted by atomic mass is 32.2. The lowest BCUT2D eigenvalue weighted by Crippen LogP contribution is -2.85. The molecule has 0 bridgehead atoms. The van der Waals surface area contributed by atoms with Crippen LogP contribution in [0.3, 0.4) is 0 Å². The Kier molecular flexibility index (Phi) is 2.27. The normalized spacial score (nSPS) is 23.1. The highest BCUT2D eigenvalue weighted by molar-refractivity contribution is 8.00. The molecule has 0 spiro atoms. The Morgan fingerprint density at radius 2 is 1.62 bits per heavy atom. The van der Waals surface area contributed by atoms with Crippen LogP contribution in [0.5, 0.6) is 0 Å². The predicted octanol–water partition coefficient (Wildman–Crippen LogP) is 2.65. The Bertz CT molecular complexity index is 482. The van der Waals surface area contributed by atoms with Gasteiger partial charge in [-0.15, -0.1) is 5.32 Å². The minimum Gasteiger partial charge on any atom is -0.127 e. The van der Waals surface area contributed by atoms with Crippen molar-refractivity contribution in [3.05, 3.63) is 60.2 Å². The monoisotopic (exact) mass is 227 g/mol. The molecule has 1 aliphatic heterocycles. The zero-order chi connectivity index (χ0) is 11.0. The van der Waals surface area contributed by atoms with E-state index in [1.54, 1.807) is 0 Å². The van der Waals surface area contributed by atoms with Gasteiger partial charge in [0, 0.05) is 18.6 Å². The molecule has 1 N–H and O–H groups in total. The summed E-state index contributed by atoms with van der Waals surface area (Å²) in [5.41, 5.74) is 2.55.